The van der Waals surface area contributed by atoms with Gasteiger partial charge in [0.05, 0.1) is 12.7 Å². The fraction of sp³-hybridized carbons (Fsp3) is 0.515. The first-order chi connectivity index (χ1) is 23.0. The topological polar surface area (TPSA) is 146 Å². The lowest BCUT2D eigenvalue weighted by molar-refractivity contribution is -0.274. The van der Waals surface area contributed by atoms with Gasteiger partial charge in [-0.1, -0.05) is 23.8 Å². The fourth-order valence-electron chi connectivity index (χ4n) is 5.54. The van der Waals surface area contributed by atoms with E-state index in [1.807, 2.05) is 20.8 Å². The predicted octanol–water partition coefficient (Wildman–Crippen LogP) is 5.17. The Morgan fingerprint density at radius 3 is 2.59 bits per heavy atom. The van der Waals surface area contributed by atoms with Crippen LogP contribution in [-0.4, -0.2) is 55.5 Å². The predicted molar refractivity (Wildman–Crippen MR) is 169 cm³/mol. The first-order valence-electron chi connectivity index (χ1n) is 15.9. The average molecular weight is 693 g/mol. The van der Waals surface area contributed by atoms with Crippen LogP contribution >= 0.6 is 0 Å². The normalized spacial score (nSPS) is 17.2. The molecule has 16 heteroatoms. The lowest BCUT2D eigenvalue weighted by Crippen LogP contribution is -2.31. The zero-order valence-electron chi connectivity index (χ0n) is 27.5. The Morgan fingerprint density at radius 1 is 1.10 bits per heavy atom. The van der Waals surface area contributed by atoms with Gasteiger partial charge in [-0.3, -0.25) is 19.2 Å². The minimum Gasteiger partial charge on any atom is -0.460 e. The number of aryl methyl sites for hydroxylation is 1. The molecule has 1 unspecified atom stereocenters. The van der Waals surface area contributed by atoms with Crippen LogP contribution < -0.4 is 20.9 Å². The van der Waals surface area contributed by atoms with Gasteiger partial charge in [-0.05, 0) is 76.1 Å². The monoisotopic (exact) mass is 692 g/mol. The number of hydrogen-bond donors (Lipinski definition) is 2. The number of carbonyl (C=O) groups is 3. The number of rotatable bonds is 13. The number of aromatic nitrogens is 4. The van der Waals surface area contributed by atoms with Gasteiger partial charge in [0.15, 0.2) is 5.69 Å². The van der Waals surface area contributed by atoms with Gasteiger partial charge < -0.3 is 24.7 Å². The Hall–Kier alpha value is -4.76. The average Bonchev–Trinajstić information content (AvgIpc) is 3.46. The number of benzene rings is 1. The van der Waals surface area contributed by atoms with Gasteiger partial charge in [-0.15, -0.1) is 18.3 Å². The second-order valence-corrected chi connectivity index (χ2v) is 13.0. The molecule has 0 radical (unpaired) electrons. The molecule has 0 saturated heterocycles. The molecule has 0 bridgehead atoms. The van der Waals surface area contributed by atoms with Crippen LogP contribution in [0.25, 0.3) is 0 Å². The van der Waals surface area contributed by atoms with E-state index in [2.05, 4.69) is 25.7 Å². The Bertz CT molecular complexity index is 1670. The highest BCUT2D eigenvalue weighted by atomic mass is 19.4. The number of carbonyl (C=O) groups excluding carboxylic acids is 3. The Morgan fingerprint density at radius 2 is 1.88 bits per heavy atom. The van der Waals surface area contributed by atoms with Crippen LogP contribution in [0.5, 0.6) is 5.75 Å². The van der Waals surface area contributed by atoms with Crippen LogP contribution in [0.15, 0.2) is 53.6 Å². The van der Waals surface area contributed by atoms with Crippen molar-refractivity contribution in [1.29, 1.82) is 0 Å². The molecule has 49 heavy (non-hydrogen) atoms. The summed E-state index contributed by atoms with van der Waals surface area (Å²) in [6.45, 7) is 5.12. The van der Waals surface area contributed by atoms with Gasteiger partial charge in [0.1, 0.15) is 17.5 Å². The maximum Gasteiger partial charge on any atom is 0.573 e. The van der Waals surface area contributed by atoms with E-state index in [-0.39, 0.29) is 61.9 Å². The summed E-state index contributed by atoms with van der Waals surface area (Å²) in [5.74, 6) is -1.84. The zero-order chi connectivity index (χ0) is 35.8. The van der Waals surface area contributed by atoms with E-state index in [4.69, 9.17) is 4.74 Å². The minimum atomic E-state index is -4.85. The fourth-order valence-corrected chi connectivity index (χ4v) is 5.54. The van der Waals surface area contributed by atoms with E-state index in [0.29, 0.717) is 24.1 Å². The number of esters is 1. The van der Waals surface area contributed by atoms with E-state index in [9.17, 15) is 36.7 Å². The van der Waals surface area contributed by atoms with Crippen molar-refractivity contribution in [3.05, 3.63) is 70.4 Å². The molecule has 2 amide bonds. The van der Waals surface area contributed by atoms with E-state index in [1.54, 1.807) is 6.07 Å². The smallest absolute Gasteiger partial charge is 0.460 e. The van der Waals surface area contributed by atoms with Gasteiger partial charge >= 0.3 is 12.3 Å². The molecule has 0 aliphatic heterocycles. The van der Waals surface area contributed by atoms with Crippen molar-refractivity contribution in [3.8, 4) is 5.75 Å². The van der Waals surface area contributed by atoms with Gasteiger partial charge in [0.2, 0.25) is 5.91 Å². The van der Waals surface area contributed by atoms with Crippen molar-refractivity contribution in [2.24, 2.45) is 11.8 Å². The van der Waals surface area contributed by atoms with Crippen LogP contribution in [0.1, 0.15) is 75.3 Å². The van der Waals surface area contributed by atoms with E-state index in [1.165, 1.54) is 35.2 Å². The third-order valence-electron chi connectivity index (χ3n) is 7.72. The highest BCUT2D eigenvalue weighted by Gasteiger charge is 2.31. The third kappa shape index (κ3) is 12.3. The van der Waals surface area contributed by atoms with Crippen LogP contribution in [0.4, 0.5) is 23.2 Å². The standard InChI is InChI=1S/C33H40F4N6O6/c1-32(2,3)49-29(45)16-21-6-4-8-23(14-21)30(46)39-25-11-13-42(28(44)17-25)12-10-24(34)19-43-20-27(40-41-43)31(47)38-18-22-7-5-9-26(15-22)48-33(35,36)37/h5,7,9,11,13,15,17,20-21,23-24H,4,6,8,10,12,14,16,18-19H2,1-3H3,(H,38,47)(H,39,46)/t21-,23-,24?/m1/s1. The molecule has 0 spiro atoms. The lowest BCUT2D eigenvalue weighted by Gasteiger charge is -2.29. The van der Waals surface area contributed by atoms with Gasteiger partial charge in [-0.25, -0.2) is 9.07 Å². The number of amides is 2. The zero-order valence-corrected chi connectivity index (χ0v) is 27.5. The molecule has 1 aromatic carbocycles. The van der Waals surface area contributed by atoms with Crippen molar-refractivity contribution in [1.82, 2.24) is 24.9 Å². The Balaban J connectivity index is 1.21. The number of anilines is 1. The molecule has 4 rings (SSSR count). The summed E-state index contributed by atoms with van der Waals surface area (Å²) < 4.78 is 63.9. The van der Waals surface area contributed by atoms with E-state index in [0.717, 1.165) is 29.7 Å². The molecular formula is C33H40F4N6O6. The molecule has 1 fully saturated rings. The van der Waals surface area contributed by atoms with Gasteiger partial charge in [0, 0.05) is 43.4 Å². The summed E-state index contributed by atoms with van der Waals surface area (Å²) in [7, 11) is 0. The quantitative estimate of drug-likeness (QED) is 0.184. The van der Waals surface area contributed by atoms with Crippen molar-refractivity contribution in [3.63, 3.8) is 0 Å². The number of nitrogens with zero attached hydrogens (tertiary/aromatic N) is 4. The largest absolute Gasteiger partial charge is 0.573 e. The third-order valence-corrected chi connectivity index (χ3v) is 7.72. The molecular weight excluding hydrogens is 652 g/mol. The van der Waals surface area contributed by atoms with Crippen LogP contribution in [-0.2, 0) is 34.0 Å². The highest BCUT2D eigenvalue weighted by Crippen LogP contribution is 2.32. The molecule has 1 aliphatic rings. The van der Waals surface area contributed by atoms with Crippen LogP contribution in [0.2, 0.25) is 0 Å². The van der Waals surface area contributed by atoms with Crippen molar-refractivity contribution < 1.29 is 41.4 Å². The molecule has 3 atom stereocenters. The SMILES string of the molecule is CC(C)(C)OC(=O)C[C@@H]1CCC[C@@H](C(=O)Nc2ccn(CCC(F)Cn3cc(C(=O)NCc4cccc(OC(F)(F)F)c4)nn3)c(=O)c2)C1. The second-order valence-electron chi connectivity index (χ2n) is 13.0. The Kier molecular flexibility index (Phi) is 12.2. The summed E-state index contributed by atoms with van der Waals surface area (Å²) in [5.41, 5.74) is -0.430. The highest BCUT2D eigenvalue weighted by molar-refractivity contribution is 5.92. The minimum absolute atomic E-state index is 0.0440. The maximum absolute atomic E-state index is 14.8. The molecule has 266 valence electrons. The van der Waals surface area contributed by atoms with E-state index < -0.39 is 35.4 Å². The summed E-state index contributed by atoms with van der Waals surface area (Å²) in [4.78, 5) is 50.3. The molecule has 2 aromatic heterocycles. The number of alkyl halides is 4. The van der Waals surface area contributed by atoms with Crippen LogP contribution in [0.3, 0.4) is 0 Å². The number of halogens is 4. The molecule has 2 N–H and O–H groups in total. The van der Waals surface area contributed by atoms with Gasteiger partial charge in [-0.2, -0.15) is 0 Å². The number of ether oxygens (including phenoxy) is 2. The first kappa shape index (κ1) is 37.1. The van der Waals surface area contributed by atoms with Crippen molar-refractivity contribution >= 4 is 23.5 Å². The summed E-state index contributed by atoms with van der Waals surface area (Å²) in [5, 5.41) is 12.8. The molecule has 12 nitrogen and oxygen atoms in total. The lowest BCUT2D eigenvalue weighted by atomic mass is 9.79. The Labute approximate surface area is 280 Å². The number of nitrogens with one attached hydrogen (secondary N) is 2. The number of hydrogen-bond acceptors (Lipinski definition) is 8. The van der Waals surface area contributed by atoms with Crippen molar-refractivity contribution in [2.75, 3.05) is 5.32 Å². The molecule has 1 aliphatic carbocycles. The summed E-state index contributed by atoms with van der Waals surface area (Å²) in [6.07, 6.45) is -0.493. The van der Waals surface area contributed by atoms with Crippen LogP contribution in [0, 0.1) is 11.8 Å². The van der Waals surface area contributed by atoms with E-state index >= 15 is 0 Å². The van der Waals surface area contributed by atoms with Gasteiger partial charge in [0.25, 0.3) is 11.5 Å². The second kappa shape index (κ2) is 16.1. The van der Waals surface area contributed by atoms with Crippen molar-refractivity contribution in [2.45, 2.75) is 97.1 Å². The maximum atomic E-state index is 14.8. The number of pyridine rings is 1. The first-order valence-corrected chi connectivity index (χ1v) is 15.9. The molecule has 1 saturated carbocycles. The summed E-state index contributed by atoms with van der Waals surface area (Å²) >= 11 is 0. The molecule has 3 aromatic rings. The molecule has 2 heterocycles. The summed E-state index contributed by atoms with van der Waals surface area (Å²) in [6, 6.07) is 7.96.